The number of aryl methyl sites for hydroxylation is 2. The van der Waals surface area contributed by atoms with E-state index >= 15 is 0 Å². The second-order valence-corrected chi connectivity index (χ2v) is 4.79. The van der Waals surface area contributed by atoms with Gasteiger partial charge in [-0.1, -0.05) is 12.1 Å². The van der Waals surface area contributed by atoms with Crippen molar-refractivity contribution in [1.82, 2.24) is 19.7 Å². The van der Waals surface area contributed by atoms with Gasteiger partial charge in [0.05, 0.1) is 6.54 Å². The largest absolute Gasteiger partial charge is 0.379 e. The lowest BCUT2D eigenvalue weighted by Crippen LogP contribution is -2.03. The first-order chi connectivity index (χ1) is 9.72. The summed E-state index contributed by atoms with van der Waals surface area (Å²) in [6.07, 6.45) is 2.05. The summed E-state index contributed by atoms with van der Waals surface area (Å²) in [4.78, 5) is 4.35. The molecule has 2 N–H and O–H groups in total. The van der Waals surface area contributed by atoms with Crippen LogP contribution in [0.25, 0.3) is 11.4 Å². The van der Waals surface area contributed by atoms with Gasteiger partial charge in [-0.3, -0.25) is 5.10 Å². The zero-order valence-corrected chi connectivity index (χ0v) is 11.6. The van der Waals surface area contributed by atoms with Gasteiger partial charge in [0.1, 0.15) is 5.82 Å². The highest BCUT2D eigenvalue weighted by Gasteiger charge is 2.04. The van der Waals surface area contributed by atoms with Crippen LogP contribution in [-0.4, -0.2) is 19.7 Å². The van der Waals surface area contributed by atoms with Crippen molar-refractivity contribution in [2.45, 2.75) is 13.5 Å². The molecule has 5 nitrogen and oxygen atoms in total. The van der Waals surface area contributed by atoms with Crippen molar-refractivity contribution < 1.29 is 0 Å². The van der Waals surface area contributed by atoms with E-state index in [1.165, 1.54) is 5.69 Å². The fraction of sp³-hybridized carbons (Fsp3) is 0.200. The van der Waals surface area contributed by atoms with Gasteiger partial charge in [-0.2, -0.15) is 5.10 Å². The third kappa shape index (κ3) is 2.56. The Kier molecular flexibility index (Phi) is 3.25. The number of hydrogen-bond acceptors (Lipinski definition) is 3. The predicted molar refractivity (Wildman–Crippen MR) is 79.3 cm³/mol. The Bertz CT molecular complexity index is 710. The molecule has 0 spiro atoms. The van der Waals surface area contributed by atoms with Crippen LogP contribution in [0.1, 0.15) is 11.5 Å². The molecular weight excluding hydrogens is 250 g/mol. The highest BCUT2D eigenvalue weighted by Crippen LogP contribution is 2.19. The molecule has 0 aliphatic carbocycles. The molecule has 2 aromatic heterocycles. The Morgan fingerprint density at radius 3 is 2.85 bits per heavy atom. The zero-order chi connectivity index (χ0) is 13.9. The molecule has 0 radical (unpaired) electrons. The van der Waals surface area contributed by atoms with E-state index in [-0.39, 0.29) is 0 Å². The first kappa shape index (κ1) is 12.5. The molecule has 0 fully saturated rings. The van der Waals surface area contributed by atoms with Crippen LogP contribution in [0.15, 0.2) is 42.6 Å². The molecule has 0 saturated heterocycles. The molecule has 0 aliphatic rings. The fourth-order valence-electron chi connectivity index (χ4n) is 2.11. The molecule has 0 aliphatic heterocycles. The van der Waals surface area contributed by atoms with E-state index in [2.05, 4.69) is 37.2 Å². The summed E-state index contributed by atoms with van der Waals surface area (Å²) < 4.78 is 2.11. The van der Waals surface area contributed by atoms with Gasteiger partial charge in [0.15, 0.2) is 5.82 Å². The van der Waals surface area contributed by atoms with Crippen LogP contribution in [0.4, 0.5) is 5.69 Å². The number of nitrogens with one attached hydrogen (secondary N) is 2. The topological polar surface area (TPSA) is 58.5 Å². The first-order valence-electron chi connectivity index (χ1n) is 6.56. The molecule has 2 heterocycles. The Labute approximate surface area is 117 Å². The SMILES string of the molecule is Cc1nc(-c2cccc(NCc3cccn3C)c2)n[nH]1. The van der Waals surface area contributed by atoms with E-state index in [1.807, 2.05) is 44.4 Å². The van der Waals surface area contributed by atoms with Crippen LogP contribution in [0.3, 0.4) is 0 Å². The predicted octanol–water partition coefficient (Wildman–Crippen LogP) is 2.73. The molecule has 0 atom stereocenters. The van der Waals surface area contributed by atoms with Crippen molar-refractivity contribution >= 4 is 5.69 Å². The van der Waals surface area contributed by atoms with E-state index < -0.39 is 0 Å². The van der Waals surface area contributed by atoms with Crippen LogP contribution >= 0.6 is 0 Å². The van der Waals surface area contributed by atoms with Gasteiger partial charge in [-0.15, -0.1) is 0 Å². The summed E-state index contributed by atoms with van der Waals surface area (Å²) in [5.74, 6) is 1.55. The van der Waals surface area contributed by atoms with E-state index in [0.717, 1.165) is 29.4 Å². The van der Waals surface area contributed by atoms with Crippen molar-refractivity contribution in [2.24, 2.45) is 7.05 Å². The third-order valence-corrected chi connectivity index (χ3v) is 3.24. The van der Waals surface area contributed by atoms with E-state index in [1.54, 1.807) is 0 Å². The molecule has 0 amide bonds. The zero-order valence-electron chi connectivity index (χ0n) is 11.6. The summed E-state index contributed by atoms with van der Waals surface area (Å²) in [6.45, 7) is 2.69. The van der Waals surface area contributed by atoms with E-state index in [4.69, 9.17) is 0 Å². The Morgan fingerprint density at radius 1 is 1.25 bits per heavy atom. The molecule has 0 unspecified atom stereocenters. The molecule has 20 heavy (non-hydrogen) atoms. The number of rotatable bonds is 4. The first-order valence-corrected chi connectivity index (χ1v) is 6.56. The lowest BCUT2D eigenvalue weighted by atomic mass is 10.2. The van der Waals surface area contributed by atoms with Crippen molar-refractivity contribution in [3.63, 3.8) is 0 Å². The summed E-state index contributed by atoms with van der Waals surface area (Å²) >= 11 is 0. The maximum Gasteiger partial charge on any atom is 0.181 e. The lowest BCUT2D eigenvalue weighted by molar-refractivity contribution is 0.842. The van der Waals surface area contributed by atoms with Crippen LogP contribution in [0, 0.1) is 6.92 Å². The van der Waals surface area contributed by atoms with Crippen molar-refractivity contribution in [3.8, 4) is 11.4 Å². The summed E-state index contributed by atoms with van der Waals surface area (Å²) in [5.41, 5.74) is 3.31. The molecule has 1 aromatic carbocycles. The van der Waals surface area contributed by atoms with Crippen molar-refractivity contribution in [1.29, 1.82) is 0 Å². The molecule has 3 rings (SSSR count). The molecule has 0 bridgehead atoms. The van der Waals surface area contributed by atoms with E-state index in [9.17, 15) is 0 Å². The van der Waals surface area contributed by atoms with E-state index in [0.29, 0.717) is 0 Å². The Morgan fingerprint density at radius 2 is 2.15 bits per heavy atom. The van der Waals surface area contributed by atoms with Crippen LogP contribution < -0.4 is 5.32 Å². The normalized spacial score (nSPS) is 10.7. The number of aromatic amines is 1. The number of anilines is 1. The summed E-state index contributed by atoms with van der Waals surface area (Å²) in [5, 5.41) is 10.5. The maximum absolute atomic E-state index is 4.35. The van der Waals surface area contributed by atoms with Gasteiger partial charge in [0, 0.05) is 30.2 Å². The quantitative estimate of drug-likeness (QED) is 0.764. The minimum absolute atomic E-state index is 0.727. The number of H-pyrrole nitrogens is 1. The van der Waals surface area contributed by atoms with Gasteiger partial charge < -0.3 is 9.88 Å². The molecule has 3 aromatic rings. The minimum atomic E-state index is 0.727. The summed E-state index contributed by atoms with van der Waals surface area (Å²) in [6, 6.07) is 12.3. The van der Waals surface area contributed by atoms with Gasteiger partial charge in [-0.25, -0.2) is 4.98 Å². The Balaban J connectivity index is 1.76. The second kappa shape index (κ2) is 5.21. The highest BCUT2D eigenvalue weighted by molar-refractivity contribution is 5.62. The average molecular weight is 267 g/mol. The third-order valence-electron chi connectivity index (χ3n) is 3.24. The smallest absolute Gasteiger partial charge is 0.181 e. The second-order valence-electron chi connectivity index (χ2n) is 4.79. The van der Waals surface area contributed by atoms with Crippen molar-refractivity contribution in [2.75, 3.05) is 5.32 Å². The van der Waals surface area contributed by atoms with Gasteiger partial charge in [-0.05, 0) is 31.2 Å². The number of aromatic nitrogens is 4. The molecule has 5 heteroatoms. The summed E-state index contributed by atoms with van der Waals surface area (Å²) in [7, 11) is 2.05. The van der Waals surface area contributed by atoms with Crippen LogP contribution in [0.2, 0.25) is 0 Å². The lowest BCUT2D eigenvalue weighted by Gasteiger charge is -2.08. The van der Waals surface area contributed by atoms with Gasteiger partial charge in [0.25, 0.3) is 0 Å². The molecule has 102 valence electrons. The Hall–Kier alpha value is -2.56. The fourth-order valence-corrected chi connectivity index (χ4v) is 2.11. The van der Waals surface area contributed by atoms with Gasteiger partial charge >= 0.3 is 0 Å². The monoisotopic (exact) mass is 267 g/mol. The molecular formula is C15H17N5. The number of benzene rings is 1. The number of hydrogen-bond donors (Lipinski definition) is 2. The van der Waals surface area contributed by atoms with Crippen molar-refractivity contribution in [3.05, 3.63) is 54.1 Å². The van der Waals surface area contributed by atoms with Gasteiger partial charge in [0.2, 0.25) is 0 Å². The minimum Gasteiger partial charge on any atom is -0.379 e. The number of nitrogens with zero attached hydrogens (tertiary/aromatic N) is 3. The maximum atomic E-state index is 4.35. The molecule has 0 saturated carbocycles. The standard InChI is InChI=1S/C15H17N5/c1-11-17-15(19-18-11)12-5-3-6-13(9-12)16-10-14-7-4-8-20(14)2/h3-9,16H,10H2,1-2H3,(H,17,18,19). The van der Waals surface area contributed by atoms with Crippen LogP contribution in [-0.2, 0) is 13.6 Å². The average Bonchev–Trinajstić information content (AvgIpc) is 3.06. The highest BCUT2D eigenvalue weighted by atomic mass is 15.2. The van der Waals surface area contributed by atoms with Crippen LogP contribution in [0.5, 0.6) is 0 Å².